The second kappa shape index (κ2) is 7.68. The Labute approximate surface area is 161 Å². The molecule has 7 heteroatoms. The number of hydrogen-bond acceptors (Lipinski definition) is 5. The Kier molecular flexibility index (Phi) is 4.76. The molecular formula is C21H16N6O. The van der Waals surface area contributed by atoms with Gasteiger partial charge in [-0.25, -0.2) is 15.0 Å². The summed E-state index contributed by atoms with van der Waals surface area (Å²) in [4.78, 5) is 24.9. The molecule has 0 unspecified atom stereocenters. The zero-order chi connectivity index (χ0) is 19.3. The van der Waals surface area contributed by atoms with E-state index in [0.717, 1.165) is 16.8 Å². The maximum atomic E-state index is 12.4. The Morgan fingerprint density at radius 3 is 2.54 bits per heavy atom. The minimum absolute atomic E-state index is 0.183. The summed E-state index contributed by atoms with van der Waals surface area (Å²) >= 11 is 0. The van der Waals surface area contributed by atoms with Crippen LogP contribution in [0.4, 0.5) is 0 Å². The fourth-order valence-corrected chi connectivity index (χ4v) is 2.94. The molecule has 0 saturated heterocycles. The van der Waals surface area contributed by atoms with Crippen LogP contribution in [0.2, 0.25) is 0 Å². The van der Waals surface area contributed by atoms with Crippen LogP contribution in [0, 0.1) is 11.3 Å². The number of hydrogen-bond donors (Lipinski definition) is 0. The molecule has 7 nitrogen and oxygen atoms in total. The summed E-state index contributed by atoms with van der Waals surface area (Å²) in [5.41, 5.74) is 3.45. The number of rotatable bonds is 5. The number of aromatic nitrogens is 5. The first-order valence-corrected chi connectivity index (χ1v) is 8.70. The summed E-state index contributed by atoms with van der Waals surface area (Å²) in [5.74, 6) is 0.350. The van der Waals surface area contributed by atoms with Gasteiger partial charge in [0.05, 0.1) is 18.0 Å². The van der Waals surface area contributed by atoms with Crippen LogP contribution in [0.1, 0.15) is 22.4 Å². The summed E-state index contributed by atoms with van der Waals surface area (Å²) in [6, 6.07) is 14.8. The summed E-state index contributed by atoms with van der Waals surface area (Å²) < 4.78 is 3.42. The first-order chi connectivity index (χ1) is 13.7. The quantitative estimate of drug-likeness (QED) is 0.539. The van der Waals surface area contributed by atoms with Gasteiger partial charge in [-0.2, -0.15) is 5.26 Å². The zero-order valence-corrected chi connectivity index (χ0v) is 14.9. The van der Waals surface area contributed by atoms with Gasteiger partial charge >= 0.3 is 0 Å². The van der Waals surface area contributed by atoms with Crippen molar-refractivity contribution in [1.82, 2.24) is 24.1 Å². The molecule has 0 atom stereocenters. The predicted molar refractivity (Wildman–Crippen MR) is 103 cm³/mol. The third-order valence-electron chi connectivity index (χ3n) is 4.37. The maximum absolute atomic E-state index is 12.4. The van der Waals surface area contributed by atoms with Gasteiger partial charge in [0.2, 0.25) is 5.95 Å². The van der Waals surface area contributed by atoms with E-state index in [9.17, 15) is 4.79 Å². The molecule has 3 aromatic heterocycles. The van der Waals surface area contributed by atoms with Crippen LogP contribution in [0.15, 0.2) is 78.4 Å². The van der Waals surface area contributed by atoms with Gasteiger partial charge in [0, 0.05) is 49.5 Å². The Hall–Kier alpha value is -4.05. The molecule has 136 valence electrons. The molecule has 0 bridgehead atoms. The Bertz CT molecular complexity index is 1190. The lowest BCUT2D eigenvalue weighted by atomic mass is 10.1. The topological polar surface area (TPSA) is 89.4 Å². The average Bonchev–Trinajstić information content (AvgIpc) is 3.16. The zero-order valence-electron chi connectivity index (χ0n) is 14.9. The van der Waals surface area contributed by atoms with Gasteiger partial charge in [-0.3, -0.25) is 9.36 Å². The van der Waals surface area contributed by atoms with Crippen molar-refractivity contribution in [1.29, 1.82) is 5.26 Å². The molecule has 4 aromatic rings. The van der Waals surface area contributed by atoms with E-state index in [2.05, 4.69) is 21.0 Å². The van der Waals surface area contributed by atoms with Crippen molar-refractivity contribution in [3.05, 3.63) is 106 Å². The highest BCUT2D eigenvalue weighted by molar-refractivity contribution is 5.33. The van der Waals surface area contributed by atoms with Crippen LogP contribution in [0.5, 0.6) is 0 Å². The lowest BCUT2D eigenvalue weighted by Crippen LogP contribution is -2.20. The SMILES string of the molecule is N#Cc1ccc(Cc2cncn2Cc2ccn(-c3ncccn3)c(=O)c2)cc1. The molecule has 3 heterocycles. The van der Waals surface area contributed by atoms with E-state index in [0.29, 0.717) is 24.5 Å². The fourth-order valence-electron chi connectivity index (χ4n) is 2.94. The fraction of sp³-hybridized carbons (Fsp3) is 0.0952. The Balaban J connectivity index is 1.54. The van der Waals surface area contributed by atoms with Crippen LogP contribution < -0.4 is 5.56 Å². The van der Waals surface area contributed by atoms with Crippen LogP contribution in [-0.2, 0) is 13.0 Å². The molecule has 28 heavy (non-hydrogen) atoms. The maximum Gasteiger partial charge on any atom is 0.257 e. The van der Waals surface area contributed by atoms with E-state index in [-0.39, 0.29) is 5.56 Å². The van der Waals surface area contributed by atoms with Gasteiger partial charge in [-0.1, -0.05) is 12.1 Å². The van der Waals surface area contributed by atoms with Gasteiger partial charge in [0.25, 0.3) is 5.56 Å². The van der Waals surface area contributed by atoms with Crippen molar-refractivity contribution < 1.29 is 0 Å². The number of benzene rings is 1. The highest BCUT2D eigenvalue weighted by Gasteiger charge is 2.07. The Morgan fingerprint density at radius 1 is 1.04 bits per heavy atom. The van der Waals surface area contributed by atoms with Crippen molar-refractivity contribution in [2.45, 2.75) is 13.0 Å². The molecule has 0 amide bonds. The first-order valence-electron chi connectivity index (χ1n) is 8.70. The van der Waals surface area contributed by atoms with E-state index >= 15 is 0 Å². The molecule has 0 aliphatic rings. The summed E-state index contributed by atoms with van der Waals surface area (Å²) in [6.07, 6.45) is 9.15. The second-order valence-corrected chi connectivity index (χ2v) is 6.29. The van der Waals surface area contributed by atoms with Crippen molar-refractivity contribution in [2.75, 3.05) is 0 Å². The van der Waals surface area contributed by atoms with Crippen molar-refractivity contribution in [3.63, 3.8) is 0 Å². The Morgan fingerprint density at radius 2 is 1.82 bits per heavy atom. The normalized spacial score (nSPS) is 10.5. The molecule has 0 spiro atoms. The molecular weight excluding hydrogens is 352 g/mol. The van der Waals surface area contributed by atoms with Crippen LogP contribution in [-0.4, -0.2) is 24.1 Å². The van der Waals surface area contributed by atoms with E-state index < -0.39 is 0 Å². The van der Waals surface area contributed by atoms with Crippen LogP contribution in [0.3, 0.4) is 0 Å². The summed E-state index contributed by atoms with van der Waals surface area (Å²) in [7, 11) is 0. The minimum atomic E-state index is -0.183. The lowest BCUT2D eigenvalue weighted by Gasteiger charge is -2.10. The molecule has 0 radical (unpaired) electrons. The average molecular weight is 368 g/mol. The molecule has 0 saturated carbocycles. The van der Waals surface area contributed by atoms with E-state index in [1.54, 1.807) is 49.2 Å². The number of imidazole rings is 1. The van der Waals surface area contributed by atoms with Crippen molar-refractivity contribution >= 4 is 0 Å². The lowest BCUT2D eigenvalue weighted by molar-refractivity contribution is 0.747. The molecule has 0 N–H and O–H groups in total. The van der Waals surface area contributed by atoms with Crippen molar-refractivity contribution in [2.24, 2.45) is 0 Å². The third kappa shape index (κ3) is 3.71. The van der Waals surface area contributed by atoms with E-state index in [1.165, 1.54) is 4.57 Å². The van der Waals surface area contributed by atoms with Gasteiger partial charge in [0.1, 0.15) is 0 Å². The van der Waals surface area contributed by atoms with Gasteiger partial charge < -0.3 is 4.57 Å². The number of nitriles is 1. The molecule has 0 aliphatic carbocycles. The smallest absolute Gasteiger partial charge is 0.257 e. The van der Waals surface area contributed by atoms with Crippen molar-refractivity contribution in [3.8, 4) is 12.0 Å². The molecule has 1 aromatic carbocycles. The van der Waals surface area contributed by atoms with Gasteiger partial charge in [-0.15, -0.1) is 0 Å². The molecule has 0 aliphatic heterocycles. The van der Waals surface area contributed by atoms with Gasteiger partial charge in [0.15, 0.2) is 0 Å². The second-order valence-electron chi connectivity index (χ2n) is 6.29. The number of pyridine rings is 1. The monoisotopic (exact) mass is 368 g/mol. The predicted octanol–water partition coefficient (Wildman–Crippen LogP) is 2.33. The largest absolute Gasteiger partial charge is 0.330 e. The highest BCUT2D eigenvalue weighted by Crippen LogP contribution is 2.12. The minimum Gasteiger partial charge on any atom is -0.330 e. The van der Waals surface area contributed by atoms with E-state index in [4.69, 9.17) is 5.26 Å². The van der Waals surface area contributed by atoms with Crippen LogP contribution >= 0.6 is 0 Å². The van der Waals surface area contributed by atoms with Gasteiger partial charge in [-0.05, 0) is 35.4 Å². The van der Waals surface area contributed by atoms with Crippen LogP contribution in [0.25, 0.3) is 5.95 Å². The standard InChI is InChI=1S/C21H16N6O/c22-12-17-4-2-16(3-5-17)10-19-13-23-15-26(19)14-18-6-9-27(20(28)11-18)21-24-7-1-8-25-21/h1-9,11,13,15H,10,14H2. The molecule has 0 fully saturated rings. The summed E-state index contributed by atoms with van der Waals surface area (Å²) in [6.45, 7) is 0.539. The highest BCUT2D eigenvalue weighted by atomic mass is 16.1. The number of nitrogens with zero attached hydrogens (tertiary/aromatic N) is 6. The summed E-state index contributed by atoms with van der Waals surface area (Å²) in [5, 5.41) is 8.91. The first kappa shape index (κ1) is 17.4. The third-order valence-corrected chi connectivity index (χ3v) is 4.37. The molecule has 4 rings (SSSR count). The van der Waals surface area contributed by atoms with E-state index in [1.807, 2.05) is 29.0 Å².